The van der Waals surface area contributed by atoms with Gasteiger partial charge in [0.1, 0.15) is 5.82 Å². The predicted octanol–water partition coefficient (Wildman–Crippen LogP) is 7.09. The van der Waals surface area contributed by atoms with Gasteiger partial charge in [0, 0.05) is 22.1 Å². The molecule has 4 nitrogen and oxygen atoms in total. The van der Waals surface area contributed by atoms with Gasteiger partial charge in [-0.25, -0.2) is 4.39 Å². The number of aromatic amines is 1. The lowest BCUT2D eigenvalue weighted by Crippen LogP contribution is -2.55. The van der Waals surface area contributed by atoms with Crippen molar-refractivity contribution in [2.24, 2.45) is 0 Å². The van der Waals surface area contributed by atoms with Gasteiger partial charge in [0.25, 0.3) is 0 Å². The average Bonchev–Trinajstić information content (AvgIpc) is 3.31. The second kappa shape index (κ2) is 11.9. The zero-order valence-corrected chi connectivity index (χ0v) is 23.8. The van der Waals surface area contributed by atoms with Crippen LogP contribution < -0.4 is 5.32 Å². The summed E-state index contributed by atoms with van der Waals surface area (Å²) in [5.41, 5.74) is 5.06. The number of aryl methyl sites for hydroxylation is 1. The molecular formula is C33H47FN4. The van der Waals surface area contributed by atoms with Crippen LogP contribution in [0.5, 0.6) is 0 Å². The second-order valence-corrected chi connectivity index (χ2v) is 12.0. The topological polar surface area (TPSA) is 34.3 Å². The van der Waals surface area contributed by atoms with Crippen LogP contribution in [0, 0.1) is 12.7 Å². The van der Waals surface area contributed by atoms with Gasteiger partial charge in [-0.05, 0) is 128 Å². The molecule has 2 saturated heterocycles. The van der Waals surface area contributed by atoms with Crippen LogP contribution in [0.4, 0.5) is 4.39 Å². The van der Waals surface area contributed by atoms with E-state index in [0.29, 0.717) is 0 Å². The van der Waals surface area contributed by atoms with Crippen LogP contribution in [0.25, 0.3) is 10.9 Å². The highest BCUT2D eigenvalue weighted by molar-refractivity contribution is 5.84. The Hall–Kier alpha value is -2.21. The fraction of sp³-hybridized carbons (Fsp3) is 0.576. The molecule has 5 heteroatoms. The molecule has 3 fully saturated rings. The lowest BCUT2D eigenvalue weighted by Gasteiger charge is -2.54. The Bertz CT molecular complexity index is 1170. The zero-order chi connectivity index (χ0) is 26.6. The van der Waals surface area contributed by atoms with Crippen molar-refractivity contribution in [3.8, 4) is 0 Å². The van der Waals surface area contributed by atoms with E-state index in [-0.39, 0.29) is 16.9 Å². The van der Waals surface area contributed by atoms with Crippen molar-refractivity contribution in [2.75, 3.05) is 40.3 Å². The number of nitrogens with zero attached hydrogens (tertiary/aromatic N) is 2. The number of rotatable bonds is 4. The summed E-state index contributed by atoms with van der Waals surface area (Å²) in [6.07, 6.45) is 12.3. The van der Waals surface area contributed by atoms with E-state index in [1.807, 2.05) is 6.07 Å². The quantitative estimate of drug-likeness (QED) is 0.387. The molecule has 3 aliphatic rings. The van der Waals surface area contributed by atoms with E-state index >= 15 is 0 Å². The van der Waals surface area contributed by atoms with Gasteiger partial charge in [-0.1, -0.05) is 43.2 Å². The fourth-order valence-corrected chi connectivity index (χ4v) is 7.44. The summed E-state index contributed by atoms with van der Waals surface area (Å²) in [6.45, 7) is 7.13. The molecule has 2 aliphatic heterocycles. The minimum absolute atomic E-state index is 0.0242. The highest BCUT2D eigenvalue weighted by Gasteiger charge is 2.50. The van der Waals surface area contributed by atoms with Crippen molar-refractivity contribution >= 4 is 10.9 Å². The minimum atomic E-state index is -0.136. The normalized spacial score (nSPS) is 26.8. The van der Waals surface area contributed by atoms with Gasteiger partial charge in [0.2, 0.25) is 0 Å². The Morgan fingerprint density at radius 3 is 2.08 bits per heavy atom. The molecule has 0 amide bonds. The molecule has 3 aromatic rings. The number of para-hydroxylation sites is 1. The van der Waals surface area contributed by atoms with Gasteiger partial charge < -0.3 is 10.3 Å². The van der Waals surface area contributed by atoms with Crippen LogP contribution in [-0.4, -0.2) is 55.1 Å². The number of hydrogen-bond donors (Lipinski definition) is 2. The van der Waals surface area contributed by atoms with Crippen molar-refractivity contribution in [3.05, 3.63) is 71.2 Å². The van der Waals surface area contributed by atoms with Crippen LogP contribution in [-0.2, 0) is 11.1 Å². The molecule has 0 radical (unpaired) electrons. The van der Waals surface area contributed by atoms with Crippen LogP contribution in [0.1, 0.15) is 81.0 Å². The monoisotopic (exact) mass is 518 g/mol. The van der Waals surface area contributed by atoms with E-state index in [1.54, 1.807) is 12.1 Å². The standard InChI is InChI=1S/C28H36FN3.C5H11N/c1-21-24-12-5-6-13-25(24)30-26(21)28(32-18-7-4-8-19-32)16-14-27(15-17-28,31(2)3)22-10-9-11-23(29)20-22;1-2-4-6-5-3-1/h5-6,9-13,20,30H,4,7-8,14-19H2,1-3H3;6H,1-5H2. The molecule has 1 aromatic heterocycles. The Balaban J connectivity index is 0.000000433. The van der Waals surface area contributed by atoms with Gasteiger partial charge in [0.15, 0.2) is 0 Å². The van der Waals surface area contributed by atoms with Crippen molar-refractivity contribution in [1.82, 2.24) is 20.1 Å². The van der Waals surface area contributed by atoms with E-state index in [0.717, 1.165) is 31.2 Å². The van der Waals surface area contributed by atoms with Crippen LogP contribution in [0.3, 0.4) is 0 Å². The van der Waals surface area contributed by atoms with Gasteiger partial charge in [0.05, 0.1) is 5.54 Å². The molecule has 2 aromatic carbocycles. The Morgan fingerprint density at radius 2 is 1.50 bits per heavy atom. The smallest absolute Gasteiger partial charge is 0.123 e. The van der Waals surface area contributed by atoms with Gasteiger partial charge >= 0.3 is 0 Å². The van der Waals surface area contributed by atoms with Crippen molar-refractivity contribution in [2.45, 2.75) is 82.2 Å². The summed E-state index contributed by atoms with van der Waals surface area (Å²) in [5.74, 6) is -0.136. The summed E-state index contributed by atoms with van der Waals surface area (Å²) in [4.78, 5) is 8.97. The van der Waals surface area contributed by atoms with Crippen molar-refractivity contribution < 1.29 is 4.39 Å². The first kappa shape index (κ1) is 27.4. The summed E-state index contributed by atoms with van der Waals surface area (Å²) >= 11 is 0. The molecule has 2 N–H and O–H groups in total. The van der Waals surface area contributed by atoms with Crippen molar-refractivity contribution in [3.63, 3.8) is 0 Å². The average molecular weight is 519 g/mol. The Labute approximate surface area is 229 Å². The lowest BCUT2D eigenvalue weighted by atomic mass is 9.66. The number of likely N-dealkylation sites (tertiary alicyclic amines) is 1. The first-order valence-corrected chi connectivity index (χ1v) is 14.9. The fourth-order valence-electron chi connectivity index (χ4n) is 7.44. The minimum Gasteiger partial charge on any atom is -0.357 e. The number of H-pyrrole nitrogens is 1. The van der Waals surface area contributed by atoms with E-state index in [1.165, 1.54) is 86.9 Å². The third kappa shape index (κ3) is 5.30. The molecule has 0 bridgehead atoms. The van der Waals surface area contributed by atoms with E-state index in [4.69, 9.17) is 0 Å². The summed E-state index contributed by atoms with van der Waals surface area (Å²) in [5, 5.41) is 4.63. The maximum absolute atomic E-state index is 14.2. The largest absolute Gasteiger partial charge is 0.357 e. The van der Waals surface area contributed by atoms with Crippen LogP contribution >= 0.6 is 0 Å². The number of hydrogen-bond acceptors (Lipinski definition) is 3. The number of fused-ring (bicyclic) bond motifs is 1. The van der Waals surface area contributed by atoms with E-state index in [9.17, 15) is 4.39 Å². The molecule has 206 valence electrons. The molecule has 0 spiro atoms. The van der Waals surface area contributed by atoms with E-state index < -0.39 is 0 Å². The Morgan fingerprint density at radius 1 is 0.816 bits per heavy atom. The van der Waals surface area contributed by atoms with Crippen LogP contribution in [0.2, 0.25) is 0 Å². The third-order valence-electron chi connectivity index (χ3n) is 9.72. The summed E-state index contributed by atoms with van der Waals surface area (Å²) < 4.78 is 14.2. The van der Waals surface area contributed by atoms with E-state index in [2.05, 4.69) is 71.5 Å². The van der Waals surface area contributed by atoms with Crippen molar-refractivity contribution in [1.29, 1.82) is 0 Å². The highest BCUT2D eigenvalue weighted by atomic mass is 19.1. The van der Waals surface area contributed by atoms with Gasteiger partial charge in [-0.2, -0.15) is 0 Å². The molecule has 1 aliphatic carbocycles. The molecule has 0 unspecified atom stereocenters. The number of aromatic nitrogens is 1. The molecule has 3 heterocycles. The third-order valence-corrected chi connectivity index (χ3v) is 9.72. The highest BCUT2D eigenvalue weighted by Crippen LogP contribution is 2.52. The zero-order valence-electron chi connectivity index (χ0n) is 23.8. The summed E-state index contributed by atoms with van der Waals surface area (Å²) in [7, 11) is 4.32. The molecular weight excluding hydrogens is 471 g/mol. The summed E-state index contributed by atoms with van der Waals surface area (Å²) in [6, 6.07) is 16.0. The van der Waals surface area contributed by atoms with Gasteiger partial charge in [-0.15, -0.1) is 0 Å². The second-order valence-electron chi connectivity index (χ2n) is 12.0. The number of piperidine rings is 2. The Kier molecular flexibility index (Phi) is 8.56. The SMILES string of the molecule is C1CCNCC1.Cc1c(C2(N3CCCCC3)CCC(c3cccc(F)c3)(N(C)C)CC2)[nH]c2ccccc12. The van der Waals surface area contributed by atoms with Crippen LogP contribution in [0.15, 0.2) is 48.5 Å². The number of halogens is 1. The molecule has 1 saturated carbocycles. The predicted molar refractivity (Wildman–Crippen MR) is 157 cm³/mol. The maximum Gasteiger partial charge on any atom is 0.123 e. The van der Waals surface area contributed by atoms with Gasteiger partial charge in [-0.3, -0.25) is 9.80 Å². The lowest BCUT2D eigenvalue weighted by molar-refractivity contribution is -0.0257. The number of nitrogens with one attached hydrogen (secondary N) is 2. The molecule has 38 heavy (non-hydrogen) atoms. The first-order valence-electron chi connectivity index (χ1n) is 14.9. The molecule has 0 atom stereocenters. The number of benzene rings is 2. The molecule has 6 rings (SSSR count). The maximum atomic E-state index is 14.2. The first-order chi connectivity index (χ1) is 18.5.